The van der Waals surface area contributed by atoms with Crippen molar-refractivity contribution >= 4 is 34.4 Å². The molecule has 9 heteroatoms. The molecule has 1 N–H and O–H groups in total. The van der Waals surface area contributed by atoms with Crippen molar-refractivity contribution in [3.05, 3.63) is 60.8 Å². The van der Waals surface area contributed by atoms with Crippen LogP contribution in [0, 0.1) is 0 Å². The number of para-hydroxylation sites is 1. The highest BCUT2D eigenvalue weighted by Crippen LogP contribution is 2.30. The first-order valence-corrected chi connectivity index (χ1v) is 10.9. The molecule has 3 heterocycles. The van der Waals surface area contributed by atoms with Crippen LogP contribution >= 0.6 is 23.5 Å². The van der Waals surface area contributed by atoms with Crippen molar-refractivity contribution in [2.75, 3.05) is 11.5 Å². The summed E-state index contributed by atoms with van der Waals surface area (Å²) in [6, 6.07) is 17.7. The molecule has 0 aliphatic carbocycles. The molecule has 0 saturated carbocycles. The van der Waals surface area contributed by atoms with Crippen molar-refractivity contribution in [2.45, 2.75) is 10.4 Å². The van der Waals surface area contributed by atoms with E-state index in [9.17, 15) is 0 Å². The van der Waals surface area contributed by atoms with Gasteiger partial charge in [-0.25, -0.2) is 0 Å². The van der Waals surface area contributed by atoms with Gasteiger partial charge in [-0.3, -0.25) is 0 Å². The minimum Gasteiger partial charge on any atom is -0.411 e. The van der Waals surface area contributed by atoms with Gasteiger partial charge in [-0.05, 0) is 18.2 Å². The Morgan fingerprint density at radius 3 is 2.17 bits per heavy atom. The highest BCUT2D eigenvalue weighted by atomic mass is 32.2. The van der Waals surface area contributed by atoms with E-state index in [4.69, 9.17) is 8.83 Å². The van der Waals surface area contributed by atoms with Crippen LogP contribution in [-0.2, 0) is 0 Å². The van der Waals surface area contributed by atoms with E-state index in [1.165, 1.54) is 23.5 Å². The molecule has 0 aliphatic heterocycles. The number of nitrogens with zero attached hydrogens (tertiary/aromatic N) is 4. The number of fused-ring (bicyclic) bond motifs is 1. The van der Waals surface area contributed by atoms with E-state index in [0.717, 1.165) is 33.5 Å². The van der Waals surface area contributed by atoms with E-state index in [2.05, 4.69) is 25.4 Å². The maximum atomic E-state index is 5.81. The molecule has 5 rings (SSSR count). The summed E-state index contributed by atoms with van der Waals surface area (Å²) in [4.78, 5) is 3.22. The van der Waals surface area contributed by atoms with Gasteiger partial charge in [0.05, 0.1) is 5.56 Å². The molecule has 0 saturated heterocycles. The van der Waals surface area contributed by atoms with Crippen molar-refractivity contribution in [1.82, 2.24) is 25.4 Å². The fourth-order valence-corrected chi connectivity index (χ4v) is 4.34. The molecule has 5 aromatic rings. The summed E-state index contributed by atoms with van der Waals surface area (Å²) in [5.41, 5.74) is 2.87. The molecule has 0 fully saturated rings. The van der Waals surface area contributed by atoms with Gasteiger partial charge in [0, 0.05) is 34.2 Å². The molecule has 3 aromatic heterocycles. The highest BCUT2D eigenvalue weighted by Gasteiger charge is 2.14. The minimum atomic E-state index is 0.516. The van der Waals surface area contributed by atoms with E-state index in [1.807, 2.05) is 60.8 Å². The Hall–Kier alpha value is -3.04. The SMILES string of the molecule is c1ccc(-c2nnc(SCCSc3nnc(-c4c[nH]c5ccccc45)o3)o2)cc1. The third-order valence-electron chi connectivity index (χ3n) is 4.19. The quantitative estimate of drug-likeness (QED) is 0.285. The predicted octanol–water partition coefficient (Wildman–Crippen LogP) is 5.15. The number of benzene rings is 2. The molecule has 29 heavy (non-hydrogen) atoms. The third-order valence-corrected chi connectivity index (χ3v) is 6.09. The minimum absolute atomic E-state index is 0.516. The van der Waals surface area contributed by atoms with E-state index in [0.29, 0.717) is 22.2 Å². The molecule has 7 nitrogen and oxygen atoms in total. The van der Waals surface area contributed by atoms with E-state index < -0.39 is 0 Å². The van der Waals surface area contributed by atoms with Crippen LogP contribution in [0.3, 0.4) is 0 Å². The molecule has 0 aliphatic rings. The summed E-state index contributed by atoms with van der Waals surface area (Å²) in [6.45, 7) is 0. The van der Waals surface area contributed by atoms with Crippen LogP contribution in [0.5, 0.6) is 0 Å². The Morgan fingerprint density at radius 2 is 1.38 bits per heavy atom. The van der Waals surface area contributed by atoms with Crippen LogP contribution in [0.2, 0.25) is 0 Å². The van der Waals surface area contributed by atoms with Gasteiger partial charge in [0.15, 0.2) is 0 Å². The highest BCUT2D eigenvalue weighted by molar-refractivity contribution is 8.02. The fourth-order valence-electron chi connectivity index (χ4n) is 2.85. The van der Waals surface area contributed by atoms with Crippen LogP contribution in [0.4, 0.5) is 0 Å². The van der Waals surface area contributed by atoms with Crippen LogP contribution in [0.25, 0.3) is 33.8 Å². The Balaban J connectivity index is 1.17. The van der Waals surface area contributed by atoms with Crippen molar-refractivity contribution in [3.8, 4) is 22.9 Å². The number of nitrogens with one attached hydrogen (secondary N) is 1. The first-order valence-electron chi connectivity index (χ1n) is 8.91. The number of aromatic nitrogens is 5. The van der Waals surface area contributed by atoms with E-state index in [1.54, 1.807) is 0 Å². The monoisotopic (exact) mass is 421 g/mol. The zero-order valence-electron chi connectivity index (χ0n) is 15.1. The zero-order chi connectivity index (χ0) is 19.5. The predicted molar refractivity (Wildman–Crippen MR) is 113 cm³/mol. The van der Waals surface area contributed by atoms with E-state index >= 15 is 0 Å². The van der Waals surface area contributed by atoms with Gasteiger partial charge in [0.2, 0.25) is 5.89 Å². The number of aromatic amines is 1. The average Bonchev–Trinajstić information content (AvgIpc) is 3.51. The molecular weight excluding hydrogens is 406 g/mol. The Morgan fingerprint density at radius 1 is 0.724 bits per heavy atom. The maximum Gasteiger partial charge on any atom is 0.276 e. The molecule has 144 valence electrons. The largest absolute Gasteiger partial charge is 0.411 e. The van der Waals surface area contributed by atoms with Crippen LogP contribution < -0.4 is 0 Å². The first kappa shape index (κ1) is 18.0. The van der Waals surface area contributed by atoms with Gasteiger partial charge in [-0.2, -0.15) is 0 Å². The van der Waals surface area contributed by atoms with Crippen LogP contribution in [0.15, 0.2) is 80.1 Å². The molecule has 0 spiro atoms. The summed E-state index contributed by atoms with van der Waals surface area (Å²) >= 11 is 3.01. The van der Waals surface area contributed by atoms with Gasteiger partial charge in [0.25, 0.3) is 16.3 Å². The Kier molecular flexibility index (Phi) is 5.06. The van der Waals surface area contributed by atoms with Gasteiger partial charge in [-0.15, -0.1) is 20.4 Å². The van der Waals surface area contributed by atoms with Crippen molar-refractivity contribution in [3.63, 3.8) is 0 Å². The second-order valence-corrected chi connectivity index (χ2v) is 8.15. The number of hydrogen-bond acceptors (Lipinski definition) is 8. The molecule has 0 atom stereocenters. The lowest BCUT2D eigenvalue weighted by atomic mass is 10.2. The lowest BCUT2D eigenvalue weighted by Crippen LogP contribution is -1.84. The first-order chi connectivity index (χ1) is 14.4. The molecule has 0 unspecified atom stereocenters. The fraction of sp³-hybridized carbons (Fsp3) is 0.100. The van der Waals surface area contributed by atoms with Crippen LogP contribution in [0.1, 0.15) is 0 Å². The Bertz CT molecular complexity index is 1230. The summed E-state index contributed by atoms with van der Waals surface area (Å²) in [7, 11) is 0. The van der Waals surface area contributed by atoms with Crippen LogP contribution in [-0.4, -0.2) is 36.9 Å². The Labute approximate surface area is 174 Å². The molecular formula is C20H15N5O2S2. The summed E-state index contributed by atoms with van der Waals surface area (Å²) in [5.74, 6) is 2.61. The van der Waals surface area contributed by atoms with Gasteiger partial charge in [0.1, 0.15) is 0 Å². The smallest absolute Gasteiger partial charge is 0.276 e. The zero-order valence-corrected chi connectivity index (χ0v) is 16.7. The summed E-state index contributed by atoms with van der Waals surface area (Å²) < 4.78 is 11.5. The summed E-state index contributed by atoms with van der Waals surface area (Å²) in [6.07, 6.45) is 1.89. The van der Waals surface area contributed by atoms with Gasteiger partial charge in [-0.1, -0.05) is 59.9 Å². The second kappa shape index (κ2) is 8.14. The average molecular weight is 422 g/mol. The molecule has 2 aromatic carbocycles. The van der Waals surface area contributed by atoms with E-state index in [-0.39, 0.29) is 0 Å². The standard InChI is InChI=1S/C20H15N5O2S2/c1-2-6-13(7-3-1)17-22-24-19(26-17)28-10-11-29-20-25-23-18(27-20)15-12-21-16-9-5-4-8-14(15)16/h1-9,12,21H,10-11H2. The molecule has 0 radical (unpaired) electrons. The number of thioether (sulfide) groups is 2. The number of H-pyrrole nitrogens is 1. The lowest BCUT2D eigenvalue weighted by molar-refractivity contribution is 0.465. The normalized spacial score (nSPS) is 11.3. The lowest BCUT2D eigenvalue weighted by Gasteiger charge is -1.95. The van der Waals surface area contributed by atoms with Crippen molar-refractivity contribution in [2.24, 2.45) is 0 Å². The van der Waals surface area contributed by atoms with Gasteiger partial charge < -0.3 is 13.8 Å². The molecule has 0 amide bonds. The second-order valence-electron chi connectivity index (χ2n) is 6.06. The number of rotatable bonds is 7. The third kappa shape index (κ3) is 3.92. The summed E-state index contributed by atoms with van der Waals surface area (Å²) in [5, 5.41) is 18.7. The van der Waals surface area contributed by atoms with Gasteiger partial charge >= 0.3 is 0 Å². The number of hydrogen-bond donors (Lipinski definition) is 1. The topological polar surface area (TPSA) is 93.6 Å². The molecule has 0 bridgehead atoms. The van der Waals surface area contributed by atoms with Crippen molar-refractivity contribution < 1.29 is 8.83 Å². The maximum absolute atomic E-state index is 5.81. The van der Waals surface area contributed by atoms with Crippen molar-refractivity contribution in [1.29, 1.82) is 0 Å².